The molecule has 110 valence electrons. The average Bonchev–Trinajstić information content (AvgIpc) is 3.00. The Hall–Kier alpha value is -1.85. The Balaban J connectivity index is 1.86. The van der Waals surface area contributed by atoms with E-state index in [0.29, 0.717) is 16.4 Å². The largest absolute Gasteiger partial charge is 0.350 e. The quantitative estimate of drug-likeness (QED) is 0.889. The molecule has 0 radical (unpaired) electrons. The lowest BCUT2D eigenvalue weighted by atomic mass is 10.2. The minimum atomic E-state index is -0.609. The Kier molecular flexibility index (Phi) is 5.36. The van der Waals surface area contributed by atoms with Crippen LogP contribution in [0.3, 0.4) is 0 Å². The zero-order valence-corrected chi connectivity index (χ0v) is 13.0. The molecule has 0 aliphatic carbocycles. The van der Waals surface area contributed by atoms with Crippen molar-refractivity contribution in [1.82, 2.24) is 10.6 Å². The lowest BCUT2D eigenvalue weighted by Gasteiger charge is -2.14. The summed E-state index contributed by atoms with van der Waals surface area (Å²) < 4.78 is 0. The first-order valence-corrected chi connectivity index (χ1v) is 7.69. The van der Waals surface area contributed by atoms with Gasteiger partial charge in [-0.3, -0.25) is 9.59 Å². The standard InChI is InChI=1S/C15H15ClN2O2S/c1-10(18-15(20)13-7-4-8-21-13)14(19)17-9-11-5-2-3-6-12(11)16/h2-8,10H,9H2,1H3,(H,17,19)(H,18,20). The Morgan fingerprint density at radius 3 is 2.67 bits per heavy atom. The summed E-state index contributed by atoms with van der Waals surface area (Å²) in [4.78, 5) is 24.4. The molecule has 1 atom stereocenters. The summed E-state index contributed by atoms with van der Waals surface area (Å²) >= 11 is 7.36. The van der Waals surface area contributed by atoms with Crippen molar-refractivity contribution >= 4 is 34.8 Å². The molecular formula is C15H15ClN2O2S. The van der Waals surface area contributed by atoms with E-state index in [1.165, 1.54) is 11.3 Å². The highest BCUT2D eigenvalue weighted by molar-refractivity contribution is 7.12. The van der Waals surface area contributed by atoms with E-state index >= 15 is 0 Å². The fourth-order valence-electron chi connectivity index (χ4n) is 1.72. The molecule has 2 N–H and O–H groups in total. The van der Waals surface area contributed by atoms with Crippen molar-refractivity contribution in [1.29, 1.82) is 0 Å². The van der Waals surface area contributed by atoms with Gasteiger partial charge in [-0.2, -0.15) is 0 Å². The van der Waals surface area contributed by atoms with Gasteiger partial charge in [-0.15, -0.1) is 11.3 Å². The van der Waals surface area contributed by atoms with E-state index in [0.717, 1.165) is 5.56 Å². The number of carbonyl (C=O) groups excluding carboxylic acids is 2. The first kappa shape index (κ1) is 15.5. The van der Waals surface area contributed by atoms with Crippen LogP contribution in [0.15, 0.2) is 41.8 Å². The van der Waals surface area contributed by atoms with Crippen molar-refractivity contribution in [2.24, 2.45) is 0 Å². The molecule has 1 aromatic carbocycles. The lowest BCUT2D eigenvalue weighted by Crippen LogP contribution is -2.44. The second kappa shape index (κ2) is 7.24. The second-order valence-corrected chi connectivity index (χ2v) is 5.84. The molecule has 0 bridgehead atoms. The van der Waals surface area contributed by atoms with E-state index in [9.17, 15) is 9.59 Å². The van der Waals surface area contributed by atoms with Crippen molar-refractivity contribution in [3.63, 3.8) is 0 Å². The van der Waals surface area contributed by atoms with Gasteiger partial charge in [0.25, 0.3) is 5.91 Å². The van der Waals surface area contributed by atoms with Gasteiger partial charge in [0.15, 0.2) is 0 Å². The van der Waals surface area contributed by atoms with Gasteiger partial charge in [-0.05, 0) is 30.0 Å². The summed E-state index contributed by atoms with van der Waals surface area (Å²) in [7, 11) is 0. The highest BCUT2D eigenvalue weighted by atomic mass is 35.5. The minimum Gasteiger partial charge on any atom is -0.350 e. The van der Waals surface area contributed by atoms with Gasteiger partial charge in [0.1, 0.15) is 6.04 Å². The third-order valence-electron chi connectivity index (χ3n) is 2.90. The molecule has 4 nitrogen and oxygen atoms in total. The van der Waals surface area contributed by atoms with E-state index in [-0.39, 0.29) is 11.8 Å². The van der Waals surface area contributed by atoms with E-state index in [1.54, 1.807) is 25.1 Å². The van der Waals surface area contributed by atoms with Crippen LogP contribution in [0.4, 0.5) is 0 Å². The molecular weight excluding hydrogens is 308 g/mol. The van der Waals surface area contributed by atoms with Crippen LogP contribution in [0.5, 0.6) is 0 Å². The smallest absolute Gasteiger partial charge is 0.261 e. The van der Waals surface area contributed by atoms with Gasteiger partial charge in [-0.1, -0.05) is 35.9 Å². The van der Waals surface area contributed by atoms with Gasteiger partial charge in [0, 0.05) is 11.6 Å². The van der Waals surface area contributed by atoms with Crippen LogP contribution in [0.2, 0.25) is 5.02 Å². The number of rotatable bonds is 5. The van der Waals surface area contributed by atoms with Crippen LogP contribution in [0, 0.1) is 0 Å². The zero-order valence-electron chi connectivity index (χ0n) is 11.4. The fraction of sp³-hybridized carbons (Fsp3) is 0.200. The summed E-state index contributed by atoms with van der Waals surface area (Å²) in [5, 5.41) is 7.84. The molecule has 2 aromatic rings. The first-order valence-electron chi connectivity index (χ1n) is 6.43. The molecule has 1 heterocycles. The predicted octanol–water partition coefficient (Wildman–Crippen LogP) is 2.84. The molecule has 0 saturated heterocycles. The summed E-state index contributed by atoms with van der Waals surface area (Å²) in [6, 6.07) is 10.2. The molecule has 1 aromatic heterocycles. The van der Waals surface area contributed by atoms with Crippen molar-refractivity contribution in [3.8, 4) is 0 Å². The number of nitrogens with one attached hydrogen (secondary N) is 2. The van der Waals surface area contributed by atoms with Crippen molar-refractivity contribution in [2.75, 3.05) is 0 Å². The maximum absolute atomic E-state index is 12.0. The molecule has 0 aliphatic heterocycles. The molecule has 0 fully saturated rings. The molecule has 1 unspecified atom stereocenters. The SMILES string of the molecule is CC(NC(=O)c1cccs1)C(=O)NCc1ccccc1Cl. The molecule has 0 aliphatic rings. The third-order valence-corrected chi connectivity index (χ3v) is 4.13. The summed E-state index contributed by atoms with van der Waals surface area (Å²) in [5.41, 5.74) is 0.837. The zero-order chi connectivity index (χ0) is 15.2. The Morgan fingerprint density at radius 2 is 2.00 bits per heavy atom. The molecule has 0 saturated carbocycles. The monoisotopic (exact) mass is 322 g/mol. The van der Waals surface area contributed by atoms with Crippen LogP contribution >= 0.6 is 22.9 Å². The number of hydrogen-bond acceptors (Lipinski definition) is 3. The topological polar surface area (TPSA) is 58.2 Å². The second-order valence-electron chi connectivity index (χ2n) is 4.48. The predicted molar refractivity (Wildman–Crippen MR) is 84.5 cm³/mol. The van der Waals surface area contributed by atoms with Gasteiger partial charge < -0.3 is 10.6 Å². The van der Waals surface area contributed by atoms with Crippen LogP contribution < -0.4 is 10.6 Å². The molecule has 21 heavy (non-hydrogen) atoms. The average molecular weight is 323 g/mol. The van der Waals surface area contributed by atoms with Crippen LogP contribution in [-0.2, 0) is 11.3 Å². The Morgan fingerprint density at radius 1 is 1.24 bits per heavy atom. The highest BCUT2D eigenvalue weighted by Gasteiger charge is 2.17. The van der Waals surface area contributed by atoms with Crippen molar-refractivity contribution in [3.05, 3.63) is 57.2 Å². The number of hydrogen-bond donors (Lipinski definition) is 2. The molecule has 2 rings (SSSR count). The van der Waals surface area contributed by atoms with E-state index in [4.69, 9.17) is 11.6 Å². The third kappa shape index (κ3) is 4.31. The number of carbonyl (C=O) groups is 2. The fourth-order valence-corrected chi connectivity index (χ4v) is 2.55. The van der Waals surface area contributed by atoms with Crippen LogP contribution in [0.1, 0.15) is 22.2 Å². The maximum Gasteiger partial charge on any atom is 0.261 e. The van der Waals surface area contributed by atoms with E-state index in [1.807, 2.05) is 23.6 Å². The van der Waals surface area contributed by atoms with Gasteiger partial charge in [-0.25, -0.2) is 0 Å². The minimum absolute atomic E-state index is 0.245. The maximum atomic E-state index is 12.0. The van der Waals surface area contributed by atoms with E-state index in [2.05, 4.69) is 10.6 Å². The highest BCUT2D eigenvalue weighted by Crippen LogP contribution is 2.14. The van der Waals surface area contributed by atoms with Crippen LogP contribution in [0.25, 0.3) is 0 Å². The van der Waals surface area contributed by atoms with E-state index < -0.39 is 6.04 Å². The van der Waals surface area contributed by atoms with Gasteiger partial charge in [0.2, 0.25) is 5.91 Å². The number of halogens is 1. The van der Waals surface area contributed by atoms with Gasteiger partial charge in [0.05, 0.1) is 4.88 Å². The normalized spacial score (nSPS) is 11.7. The van der Waals surface area contributed by atoms with Crippen LogP contribution in [-0.4, -0.2) is 17.9 Å². The van der Waals surface area contributed by atoms with Gasteiger partial charge >= 0.3 is 0 Å². The molecule has 2 amide bonds. The number of thiophene rings is 1. The van der Waals surface area contributed by atoms with Crippen molar-refractivity contribution in [2.45, 2.75) is 19.5 Å². The Labute approximate surface area is 132 Å². The lowest BCUT2D eigenvalue weighted by molar-refractivity contribution is -0.122. The molecule has 6 heteroatoms. The first-order chi connectivity index (χ1) is 10.1. The number of benzene rings is 1. The van der Waals surface area contributed by atoms with Crippen molar-refractivity contribution < 1.29 is 9.59 Å². The molecule has 0 spiro atoms. The summed E-state index contributed by atoms with van der Waals surface area (Å²) in [5.74, 6) is -0.495. The Bertz CT molecular complexity index is 628. The number of amides is 2. The summed E-state index contributed by atoms with van der Waals surface area (Å²) in [6.07, 6.45) is 0. The summed E-state index contributed by atoms with van der Waals surface area (Å²) in [6.45, 7) is 1.98.